The Labute approximate surface area is 109 Å². The first kappa shape index (κ1) is 12.2. The fourth-order valence-corrected chi connectivity index (χ4v) is 2.33. The van der Waals surface area contributed by atoms with Gasteiger partial charge in [0.25, 0.3) is 0 Å². The van der Waals surface area contributed by atoms with Crippen molar-refractivity contribution in [3.8, 4) is 5.75 Å². The van der Waals surface area contributed by atoms with Crippen LogP contribution in [0.4, 0.5) is 5.69 Å². The minimum Gasteiger partial charge on any atom is -0.494 e. The number of halogens is 1. The molecule has 2 aromatic rings. The van der Waals surface area contributed by atoms with Crippen LogP contribution in [0.15, 0.2) is 30.5 Å². The number of hydrogen-bond donors (Lipinski definition) is 1. The summed E-state index contributed by atoms with van der Waals surface area (Å²) in [4.78, 5) is 5.10. The number of rotatable bonds is 5. The highest BCUT2D eigenvalue weighted by Crippen LogP contribution is 2.21. The molecule has 0 amide bonds. The molecule has 1 heterocycles. The van der Waals surface area contributed by atoms with Crippen molar-refractivity contribution in [1.82, 2.24) is 4.98 Å². The molecule has 90 valence electrons. The van der Waals surface area contributed by atoms with Gasteiger partial charge in [0, 0.05) is 22.8 Å². The number of nitrogens with zero attached hydrogens (tertiary/aromatic N) is 1. The highest BCUT2D eigenvalue weighted by Gasteiger charge is 2.00. The molecular weight excluding hydrogens is 256 g/mol. The maximum absolute atomic E-state index is 5.77. The lowest BCUT2D eigenvalue weighted by Gasteiger charge is -2.07. The first-order valence-corrected chi connectivity index (χ1v) is 6.54. The summed E-state index contributed by atoms with van der Waals surface area (Å²) in [6.07, 6.45) is 1.78. The summed E-state index contributed by atoms with van der Waals surface area (Å²) in [7, 11) is 0. The molecular formula is C12H13ClN2OS. The van der Waals surface area contributed by atoms with Crippen molar-refractivity contribution in [2.24, 2.45) is 0 Å². The average Bonchev–Trinajstić information content (AvgIpc) is 2.74. The van der Waals surface area contributed by atoms with Gasteiger partial charge in [0.05, 0.1) is 13.2 Å². The van der Waals surface area contributed by atoms with E-state index in [1.165, 1.54) is 11.3 Å². The molecule has 5 heteroatoms. The maximum Gasteiger partial charge on any atom is 0.183 e. The van der Waals surface area contributed by atoms with Crippen LogP contribution in [0.2, 0.25) is 4.47 Å². The van der Waals surface area contributed by atoms with Gasteiger partial charge in [0.1, 0.15) is 5.75 Å². The summed E-state index contributed by atoms with van der Waals surface area (Å²) >= 11 is 7.25. The highest BCUT2D eigenvalue weighted by molar-refractivity contribution is 7.15. The number of benzene rings is 1. The molecule has 0 aliphatic carbocycles. The van der Waals surface area contributed by atoms with Crippen LogP contribution in [-0.4, -0.2) is 11.6 Å². The fraction of sp³-hybridized carbons (Fsp3) is 0.250. The SMILES string of the molecule is CCOc1cccc(NCc2cnc(Cl)s2)c1. The normalized spacial score (nSPS) is 10.2. The van der Waals surface area contributed by atoms with Gasteiger partial charge >= 0.3 is 0 Å². The predicted molar refractivity (Wildman–Crippen MR) is 72.1 cm³/mol. The lowest BCUT2D eigenvalue weighted by Crippen LogP contribution is -1.98. The number of hydrogen-bond acceptors (Lipinski definition) is 4. The topological polar surface area (TPSA) is 34.1 Å². The molecule has 1 N–H and O–H groups in total. The number of aromatic nitrogens is 1. The van der Waals surface area contributed by atoms with Crippen LogP contribution in [0.5, 0.6) is 5.75 Å². The quantitative estimate of drug-likeness (QED) is 0.895. The second-order valence-electron chi connectivity index (χ2n) is 3.39. The third-order valence-electron chi connectivity index (χ3n) is 2.14. The number of ether oxygens (including phenoxy) is 1. The number of thiazole rings is 1. The molecule has 0 fully saturated rings. The Bertz CT molecular complexity index is 487. The monoisotopic (exact) mass is 268 g/mol. The van der Waals surface area contributed by atoms with E-state index in [1.807, 2.05) is 31.2 Å². The van der Waals surface area contributed by atoms with Gasteiger partial charge in [0.15, 0.2) is 4.47 Å². The van der Waals surface area contributed by atoms with Gasteiger partial charge in [-0.3, -0.25) is 0 Å². The number of nitrogens with one attached hydrogen (secondary N) is 1. The second-order valence-corrected chi connectivity index (χ2v) is 5.09. The molecule has 0 saturated carbocycles. The summed E-state index contributed by atoms with van der Waals surface area (Å²) in [6.45, 7) is 3.37. The van der Waals surface area contributed by atoms with Crippen molar-refractivity contribution >= 4 is 28.6 Å². The van der Waals surface area contributed by atoms with E-state index in [-0.39, 0.29) is 0 Å². The van der Waals surface area contributed by atoms with E-state index >= 15 is 0 Å². The molecule has 0 radical (unpaired) electrons. The van der Waals surface area contributed by atoms with Crippen molar-refractivity contribution < 1.29 is 4.74 Å². The van der Waals surface area contributed by atoms with Gasteiger partial charge in [0.2, 0.25) is 0 Å². The molecule has 0 bridgehead atoms. The minimum atomic E-state index is 0.574. The van der Waals surface area contributed by atoms with Gasteiger partial charge < -0.3 is 10.1 Å². The summed E-state index contributed by atoms with van der Waals surface area (Å²) in [5, 5.41) is 3.30. The maximum atomic E-state index is 5.77. The molecule has 0 spiro atoms. The van der Waals surface area contributed by atoms with Crippen molar-refractivity contribution in [1.29, 1.82) is 0 Å². The molecule has 0 atom stereocenters. The summed E-state index contributed by atoms with van der Waals surface area (Å²) in [5.41, 5.74) is 1.03. The zero-order chi connectivity index (χ0) is 12.1. The van der Waals surface area contributed by atoms with Gasteiger partial charge in [-0.05, 0) is 19.1 Å². The molecule has 0 aliphatic rings. The van der Waals surface area contributed by atoms with Gasteiger partial charge in [-0.15, -0.1) is 11.3 Å². The summed E-state index contributed by atoms with van der Waals surface area (Å²) in [5.74, 6) is 0.875. The standard InChI is InChI=1S/C12H13ClN2OS/c1-2-16-10-5-3-4-9(6-10)14-7-11-8-15-12(13)17-11/h3-6,8,14H,2,7H2,1H3. The van der Waals surface area contributed by atoms with Crippen LogP contribution >= 0.6 is 22.9 Å². The Balaban J connectivity index is 1.96. The van der Waals surface area contributed by atoms with Crippen LogP contribution < -0.4 is 10.1 Å². The van der Waals surface area contributed by atoms with Gasteiger partial charge in [-0.25, -0.2) is 4.98 Å². The van der Waals surface area contributed by atoms with E-state index in [4.69, 9.17) is 16.3 Å². The predicted octanol–water partition coefficient (Wildman–Crippen LogP) is 3.81. The van der Waals surface area contributed by atoms with Crippen molar-refractivity contribution in [3.05, 3.63) is 39.8 Å². The van der Waals surface area contributed by atoms with Crippen LogP contribution in [0.1, 0.15) is 11.8 Å². The van der Waals surface area contributed by atoms with E-state index in [1.54, 1.807) is 6.20 Å². The Hall–Kier alpha value is -1.26. The van der Waals surface area contributed by atoms with Crippen LogP contribution in [0.25, 0.3) is 0 Å². The summed E-state index contributed by atoms with van der Waals surface area (Å²) < 4.78 is 6.01. The van der Waals surface area contributed by atoms with E-state index in [9.17, 15) is 0 Å². The third-order valence-corrected chi connectivity index (χ3v) is 3.25. The van der Waals surface area contributed by atoms with Crippen LogP contribution in [0.3, 0.4) is 0 Å². The van der Waals surface area contributed by atoms with E-state index in [0.717, 1.165) is 22.9 Å². The van der Waals surface area contributed by atoms with Gasteiger partial charge in [-0.1, -0.05) is 17.7 Å². The van der Waals surface area contributed by atoms with Crippen molar-refractivity contribution in [3.63, 3.8) is 0 Å². The highest BCUT2D eigenvalue weighted by atomic mass is 35.5. The van der Waals surface area contributed by atoms with Crippen LogP contribution in [0, 0.1) is 0 Å². The van der Waals surface area contributed by atoms with E-state index in [0.29, 0.717) is 11.1 Å². The Morgan fingerprint density at radius 1 is 1.47 bits per heavy atom. The van der Waals surface area contributed by atoms with Crippen molar-refractivity contribution in [2.45, 2.75) is 13.5 Å². The molecule has 17 heavy (non-hydrogen) atoms. The molecule has 3 nitrogen and oxygen atoms in total. The van der Waals surface area contributed by atoms with Gasteiger partial charge in [-0.2, -0.15) is 0 Å². The molecule has 2 rings (SSSR count). The lowest BCUT2D eigenvalue weighted by atomic mass is 10.3. The summed E-state index contributed by atoms with van der Waals surface area (Å²) in [6, 6.07) is 7.89. The zero-order valence-corrected chi connectivity index (χ0v) is 11.0. The molecule has 0 aliphatic heterocycles. The average molecular weight is 269 g/mol. The lowest BCUT2D eigenvalue weighted by molar-refractivity contribution is 0.340. The fourth-order valence-electron chi connectivity index (χ4n) is 1.42. The Morgan fingerprint density at radius 2 is 2.35 bits per heavy atom. The Kier molecular flexibility index (Phi) is 4.23. The number of anilines is 1. The molecule has 0 saturated heterocycles. The Morgan fingerprint density at radius 3 is 3.06 bits per heavy atom. The molecule has 1 aromatic carbocycles. The van der Waals surface area contributed by atoms with Crippen molar-refractivity contribution in [2.75, 3.05) is 11.9 Å². The smallest absolute Gasteiger partial charge is 0.183 e. The first-order valence-electron chi connectivity index (χ1n) is 5.35. The minimum absolute atomic E-state index is 0.574. The second kappa shape index (κ2) is 5.89. The van der Waals surface area contributed by atoms with E-state index in [2.05, 4.69) is 10.3 Å². The largest absolute Gasteiger partial charge is 0.494 e. The third kappa shape index (κ3) is 3.61. The zero-order valence-electron chi connectivity index (χ0n) is 9.44. The molecule has 0 unspecified atom stereocenters. The van der Waals surface area contributed by atoms with Crippen LogP contribution in [-0.2, 0) is 6.54 Å². The first-order chi connectivity index (χ1) is 8.28. The van der Waals surface area contributed by atoms with E-state index < -0.39 is 0 Å². The molecule has 1 aromatic heterocycles.